The van der Waals surface area contributed by atoms with Crippen molar-refractivity contribution in [3.05, 3.63) is 0 Å². The van der Waals surface area contributed by atoms with Crippen LogP contribution in [0.1, 0.15) is 20.8 Å². The number of rotatable bonds is 4. The maximum Gasteiger partial charge on any atom is 0.0615 e. The van der Waals surface area contributed by atoms with E-state index in [4.69, 9.17) is 4.74 Å². The first kappa shape index (κ1) is 12.0. The van der Waals surface area contributed by atoms with Crippen molar-refractivity contribution in [1.82, 2.24) is 10.2 Å². The Balaban J connectivity index is 2.53. The van der Waals surface area contributed by atoms with Gasteiger partial charge in [0.1, 0.15) is 0 Å². The molecule has 0 spiro atoms. The van der Waals surface area contributed by atoms with Crippen molar-refractivity contribution in [3.8, 4) is 0 Å². The molecule has 14 heavy (non-hydrogen) atoms. The zero-order chi connectivity index (χ0) is 10.6. The zero-order valence-electron chi connectivity index (χ0n) is 9.92. The van der Waals surface area contributed by atoms with Gasteiger partial charge in [-0.2, -0.15) is 0 Å². The molecule has 2 atom stereocenters. The first-order valence-corrected chi connectivity index (χ1v) is 5.62. The lowest BCUT2D eigenvalue weighted by Crippen LogP contribution is -2.57. The maximum absolute atomic E-state index is 5.22. The van der Waals surface area contributed by atoms with Crippen LogP contribution in [-0.4, -0.2) is 50.3 Å². The van der Waals surface area contributed by atoms with E-state index in [0.717, 1.165) is 26.2 Å². The normalized spacial score (nSPS) is 26.8. The van der Waals surface area contributed by atoms with E-state index in [2.05, 4.69) is 31.0 Å². The van der Waals surface area contributed by atoms with Gasteiger partial charge in [0.15, 0.2) is 0 Å². The predicted molar refractivity (Wildman–Crippen MR) is 59.5 cm³/mol. The summed E-state index contributed by atoms with van der Waals surface area (Å²) in [5.74, 6) is 0.710. The molecule has 0 aliphatic carbocycles. The van der Waals surface area contributed by atoms with E-state index in [0.29, 0.717) is 18.0 Å². The van der Waals surface area contributed by atoms with Crippen LogP contribution in [-0.2, 0) is 4.74 Å². The Morgan fingerprint density at radius 2 is 2.14 bits per heavy atom. The molecule has 0 radical (unpaired) electrons. The van der Waals surface area contributed by atoms with Crippen LogP contribution >= 0.6 is 0 Å². The molecule has 0 aromatic heterocycles. The van der Waals surface area contributed by atoms with Crippen molar-refractivity contribution in [2.75, 3.05) is 33.4 Å². The van der Waals surface area contributed by atoms with Gasteiger partial charge in [-0.15, -0.1) is 0 Å². The number of hydrogen-bond donors (Lipinski definition) is 1. The fraction of sp³-hybridized carbons (Fsp3) is 1.00. The topological polar surface area (TPSA) is 24.5 Å². The van der Waals surface area contributed by atoms with Gasteiger partial charge in [0, 0.05) is 38.8 Å². The molecule has 0 aromatic rings. The quantitative estimate of drug-likeness (QED) is 0.731. The number of piperazine rings is 1. The molecule has 0 amide bonds. The number of ether oxygens (including phenoxy) is 1. The lowest BCUT2D eigenvalue weighted by atomic mass is 9.99. The van der Waals surface area contributed by atoms with E-state index in [1.807, 2.05) is 0 Å². The van der Waals surface area contributed by atoms with E-state index in [1.165, 1.54) is 0 Å². The molecule has 1 rings (SSSR count). The molecule has 0 saturated carbocycles. The van der Waals surface area contributed by atoms with Gasteiger partial charge in [0.05, 0.1) is 6.61 Å². The predicted octanol–water partition coefficient (Wildman–Crippen LogP) is 0.951. The maximum atomic E-state index is 5.22. The molecular formula is C11H24N2O. The van der Waals surface area contributed by atoms with Crippen molar-refractivity contribution in [1.29, 1.82) is 0 Å². The summed E-state index contributed by atoms with van der Waals surface area (Å²) in [4.78, 5) is 2.57. The summed E-state index contributed by atoms with van der Waals surface area (Å²) in [6.45, 7) is 11.1. The Kier molecular flexibility index (Phi) is 4.85. The first-order valence-electron chi connectivity index (χ1n) is 5.62. The lowest BCUT2D eigenvalue weighted by molar-refractivity contribution is 0.0387. The average molecular weight is 200 g/mol. The number of nitrogens with zero attached hydrogens (tertiary/aromatic N) is 1. The largest absolute Gasteiger partial charge is 0.383 e. The second-order valence-corrected chi connectivity index (χ2v) is 4.56. The molecular weight excluding hydrogens is 176 g/mol. The summed E-state index contributed by atoms with van der Waals surface area (Å²) in [6.07, 6.45) is 0. The van der Waals surface area contributed by atoms with Gasteiger partial charge < -0.3 is 10.1 Å². The van der Waals surface area contributed by atoms with Crippen LogP contribution in [0.3, 0.4) is 0 Å². The van der Waals surface area contributed by atoms with E-state index in [1.54, 1.807) is 7.11 Å². The molecule has 1 saturated heterocycles. The van der Waals surface area contributed by atoms with Crippen LogP contribution in [0.2, 0.25) is 0 Å². The Morgan fingerprint density at radius 3 is 2.71 bits per heavy atom. The fourth-order valence-corrected chi connectivity index (χ4v) is 2.24. The van der Waals surface area contributed by atoms with Crippen LogP contribution in [0.4, 0.5) is 0 Å². The summed E-state index contributed by atoms with van der Waals surface area (Å²) in [5.41, 5.74) is 0. The molecule has 1 heterocycles. The highest BCUT2D eigenvalue weighted by Gasteiger charge is 2.28. The average Bonchev–Trinajstić information content (AvgIpc) is 2.18. The molecule has 0 bridgehead atoms. The summed E-state index contributed by atoms with van der Waals surface area (Å²) in [7, 11) is 1.78. The minimum absolute atomic E-state index is 0.537. The van der Waals surface area contributed by atoms with Crippen LogP contribution < -0.4 is 5.32 Å². The first-order chi connectivity index (χ1) is 6.66. The van der Waals surface area contributed by atoms with Crippen LogP contribution in [0.25, 0.3) is 0 Å². The molecule has 1 N–H and O–H groups in total. The summed E-state index contributed by atoms with van der Waals surface area (Å²) in [5, 5.41) is 3.46. The molecule has 84 valence electrons. The highest BCUT2D eigenvalue weighted by Crippen LogP contribution is 2.15. The monoisotopic (exact) mass is 200 g/mol. The summed E-state index contributed by atoms with van der Waals surface area (Å²) in [6, 6.07) is 1.20. The van der Waals surface area contributed by atoms with Crippen molar-refractivity contribution in [2.24, 2.45) is 5.92 Å². The minimum atomic E-state index is 0.537. The van der Waals surface area contributed by atoms with Gasteiger partial charge in [0.25, 0.3) is 0 Å². The third-order valence-corrected chi connectivity index (χ3v) is 3.07. The van der Waals surface area contributed by atoms with E-state index >= 15 is 0 Å². The van der Waals surface area contributed by atoms with Crippen LogP contribution in [0.5, 0.6) is 0 Å². The fourth-order valence-electron chi connectivity index (χ4n) is 2.24. The van der Waals surface area contributed by atoms with Crippen molar-refractivity contribution < 1.29 is 4.74 Å². The SMILES string of the molecule is COCC(C)N1CCNCC1C(C)C. The van der Waals surface area contributed by atoms with Crippen molar-refractivity contribution in [3.63, 3.8) is 0 Å². The number of hydrogen-bond acceptors (Lipinski definition) is 3. The van der Waals surface area contributed by atoms with Gasteiger partial charge in [0.2, 0.25) is 0 Å². The minimum Gasteiger partial charge on any atom is -0.383 e. The standard InChI is InChI=1S/C11H24N2O/c1-9(2)11-7-12-5-6-13(11)10(3)8-14-4/h9-12H,5-8H2,1-4H3. The van der Waals surface area contributed by atoms with E-state index < -0.39 is 0 Å². The Labute approximate surface area is 87.8 Å². The molecule has 0 aromatic carbocycles. The second kappa shape index (κ2) is 5.69. The van der Waals surface area contributed by atoms with Crippen molar-refractivity contribution in [2.45, 2.75) is 32.9 Å². The molecule has 1 fully saturated rings. The molecule has 1 aliphatic heterocycles. The Bertz CT molecular complexity index is 161. The van der Waals surface area contributed by atoms with Gasteiger partial charge in [-0.1, -0.05) is 13.8 Å². The van der Waals surface area contributed by atoms with Crippen molar-refractivity contribution >= 4 is 0 Å². The zero-order valence-corrected chi connectivity index (χ0v) is 9.92. The molecule has 1 aliphatic rings. The van der Waals surface area contributed by atoms with Crippen LogP contribution in [0, 0.1) is 5.92 Å². The second-order valence-electron chi connectivity index (χ2n) is 4.56. The summed E-state index contributed by atoms with van der Waals surface area (Å²) >= 11 is 0. The lowest BCUT2D eigenvalue weighted by Gasteiger charge is -2.42. The van der Waals surface area contributed by atoms with Crippen LogP contribution in [0.15, 0.2) is 0 Å². The smallest absolute Gasteiger partial charge is 0.0615 e. The highest BCUT2D eigenvalue weighted by atomic mass is 16.5. The van der Waals surface area contributed by atoms with Gasteiger partial charge >= 0.3 is 0 Å². The van der Waals surface area contributed by atoms with Gasteiger partial charge in [-0.05, 0) is 12.8 Å². The van der Waals surface area contributed by atoms with Gasteiger partial charge in [-0.3, -0.25) is 4.90 Å². The third-order valence-electron chi connectivity index (χ3n) is 3.07. The molecule has 2 unspecified atom stereocenters. The molecule has 3 nitrogen and oxygen atoms in total. The number of nitrogens with one attached hydrogen (secondary N) is 1. The van der Waals surface area contributed by atoms with Gasteiger partial charge in [-0.25, -0.2) is 0 Å². The summed E-state index contributed by atoms with van der Waals surface area (Å²) < 4.78 is 5.22. The highest BCUT2D eigenvalue weighted by molar-refractivity contribution is 4.85. The Hall–Kier alpha value is -0.120. The third kappa shape index (κ3) is 2.94. The van der Waals surface area contributed by atoms with E-state index in [-0.39, 0.29) is 0 Å². The van der Waals surface area contributed by atoms with E-state index in [9.17, 15) is 0 Å². The Morgan fingerprint density at radius 1 is 1.43 bits per heavy atom. The molecule has 3 heteroatoms. The number of methoxy groups -OCH3 is 1.